The largest absolute Gasteiger partial charge is 0.461 e. The minimum absolute atomic E-state index is 0.0108. The van der Waals surface area contributed by atoms with Gasteiger partial charge in [0.05, 0.1) is 6.61 Å². The number of aliphatic hydroxyl groups is 1. The molecule has 0 saturated heterocycles. The Hall–Kier alpha value is -1.66. The molecule has 0 bridgehead atoms. The normalized spacial score (nSPS) is 28.1. The fraction of sp³-hybridized carbons (Fsp3) is 0.500. The lowest BCUT2D eigenvalue weighted by Crippen LogP contribution is -2.48. The summed E-state index contributed by atoms with van der Waals surface area (Å²) >= 11 is 1.51. The van der Waals surface area contributed by atoms with Crippen LogP contribution in [0.3, 0.4) is 0 Å². The molecule has 1 aromatic heterocycles. The van der Waals surface area contributed by atoms with Crippen molar-refractivity contribution in [2.75, 3.05) is 6.61 Å². The first-order valence-electron chi connectivity index (χ1n) is 7.43. The Labute approximate surface area is 132 Å². The third kappa shape index (κ3) is 2.57. The van der Waals surface area contributed by atoms with E-state index in [1.807, 2.05) is 17.5 Å². The molecule has 2 aliphatic rings. The topological polar surface area (TPSA) is 72.8 Å². The standard InChI is InChI=1S/C16H18O5S/c1-2-20-15(18)16(19)9-10(13-7-4-8-22-13)14-11(17)5-3-6-12(14)21-16/h4,7-8,10,19H,2-3,5-6,9H2,1H3/t10-,16?/m1/s1. The van der Waals surface area contributed by atoms with Crippen LogP contribution in [-0.4, -0.2) is 29.3 Å². The van der Waals surface area contributed by atoms with E-state index >= 15 is 0 Å². The van der Waals surface area contributed by atoms with Crippen LogP contribution in [0.15, 0.2) is 28.8 Å². The van der Waals surface area contributed by atoms with E-state index in [-0.39, 0.29) is 24.7 Å². The molecule has 118 valence electrons. The molecular formula is C16H18O5S. The molecule has 1 aliphatic heterocycles. The minimum Gasteiger partial charge on any atom is -0.461 e. The van der Waals surface area contributed by atoms with Crippen molar-refractivity contribution in [3.63, 3.8) is 0 Å². The van der Waals surface area contributed by atoms with E-state index in [4.69, 9.17) is 9.47 Å². The summed E-state index contributed by atoms with van der Waals surface area (Å²) in [7, 11) is 0. The van der Waals surface area contributed by atoms with E-state index in [0.717, 1.165) is 4.88 Å². The first-order valence-corrected chi connectivity index (χ1v) is 8.31. The van der Waals surface area contributed by atoms with Crippen molar-refractivity contribution in [2.45, 2.75) is 44.3 Å². The summed E-state index contributed by atoms with van der Waals surface area (Å²) in [6.07, 6.45) is 1.73. The fourth-order valence-electron chi connectivity index (χ4n) is 3.05. The zero-order valence-corrected chi connectivity index (χ0v) is 13.1. The third-order valence-corrected chi connectivity index (χ3v) is 5.00. The Morgan fingerprint density at radius 1 is 1.55 bits per heavy atom. The van der Waals surface area contributed by atoms with Gasteiger partial charge in [-0.15, -0.1) is 11.3 Å². The van der Waals surface area contributed by atoms with Gasteiger partial charge in [-0.25, -0.2) is 4.79 Å². The maximum Gasteiger partial charge on any atom is 0.379 e. The van der Waals surface area contributed by atoms with Gasteiger partial charge in [-0.2, -0.15) is 0 Å². The summed E-state index contributed by atoms with van der Waals surface area (Å²) in [5.74, 6) is -2.63. The van der Waals surface area contributed by atoms with Gasteiger partial charge in [0.25, 0.3) is 0 Å². The molecule has 0 spiro atoms. The van der Waals surface area contributed by atoms with Crippen molar-refractivity contribution in [1.29, 1.82) is 0 Å². The molecule has 6 heteroatoms. The monoisotopic (exact) mass is 322 g/mol. The highest BCUT2D eigenvalue weighted by atomic mass is 32.1. The van der Waals surface area contributed by atoms with E-state index in [1.54, 1.807) is 6.92 Å². The van der Waals surface area contributed by atoms with Gasteiger partial charge in [0, 0.05) is 35.6 Å². The second-order valence-corrected chi connectivity index (χ2v) is 6.47. The molecule has 0 aromatic carbocycles. The smallest absolute Gasteiger partial charge is 0.379 e. The minimum atomic E-state index is -2.01. The lowest BCUT2D eigenvalue weighted by Gasteiger charge is -2.39. The number of Topliss-reactive ketones (excluding diaryl/α,β-unsaturated/α-hetero) is 1. The number of ketones is 1. The van der Waals surface area contributed by atoms with Crippen LogP contribution in [0, 0.1) is 0 Å². The molecule has 3 rings (SSSR count). The summed E-state index contributed by atoms with van der Waals surface area (Å²) in [4.78, 5) is 25.4. The third-order valence-electron chi connectivity index (χ3n) is 4.01. The molecule has 0 amide bonds. The van der Waals surface area contributed by atoms with Crippen LogP contribution < -0.4 is 0 Å². The molecule has 1 aliphatic carbocycles. The van der Waals surface area contributed by atoms with Crippen LogP contribution in [0.25, 0.3) is 0 Å². The van der Waals surface area contributed by atoms with E-state index in [1.165, 1.54) is 11.3 Å². The van der Waals surface area contributed by atoms with Gasteiger partial charge in [-0.05, 0) is 24.8 Å². The van der Waals surface area contributed by atoms with Gasteiger partial charge in [0.2, 0.25) is 0 Å². The Balaban J connectivity index is 2.02. The highest BCUT2D eigenvalue weighted by Gasteiger charge is 2.50. The maximum absolute atomic E-state index is 12.3. The molecule has 1 N–H and O–H groups in total. The molecule has 5 nitrogen and oxygen atoms in total. The zero-order chi connectivity index (χ0) is 15.7. The van der Waals surface area contributed by atoms with Gasteiger partial charge >= 0.3 is 11.8 Å². The van der Waals surface area contributed by atoms with Gasteiger partial charge < -0.3 is 14.6 Å². The summed E-state index contributed by atoms with van der Waals surface area (Å²) in [5.41, 5.74) is 0.614. The number of ether oxygens (including phenoxy) is 2. The number of carbonyl (C=O) groups is 2. The molecule has 2 atom stereocenters. The number of carbonyl (C=O) groups excluding carboxylic acids is 2. The van der Waals surface area contributed by atoms with Crippen LogP contribution in [0.4, 0.5) is 0 Å². The Kier molecular flexibility index (Phi) is 4.06. The summed E-state index contributed by atoms with van der Waals surface area (Å²) in [6, 6.07) is 3.81. The number of hydrogen-bond acceptors (Lipinski definition) is 6. The van der Waals surface area contributed by atoms with Crippen LogP contribution in [-0.2, 0) is 19.1 Å². The lowest BCUT2D eigenvalue weighted by atomic mass is 9.80. The second kappa shape index (κ2) is 5.85. The van der Waals surface area contributed by atoms with Crippen LogP contribution in [0.2, 0.25) is 0 Å². The average molecular weight is 322 g/mol. The molecule has 2 heterocycles. The molecule has 1 aromatic rings. The van der Waals surface area contributed by atoms with E-state index in [9.17, 15) is 14.7 Å². The van der Waals surface area contributed by atoms with Crippen molar-refractivity contribution >= 4 is 23.1 Å². The predicted molar refractivity (Wildman–Crippen MR) is 80.2 cm³/mol. The predicted octanol–water partition coefficient (Wildman–Crippen LogP) is 2.51. The molecule has 0 fully saturated rings. The van der Waals surface area contributed by atoms with Crippen LogP contribution in [0.1, 0.15) is 43.4 Å². The molecule has 0 radical (unpaired) electrons. The zero-order valence-electron chi connectivity index (χ0n) is 12.3. The first kappa shape index (κ1) is 15.2. The van der Waals surface area contributed by atoms with Gasteiger partial charge in [0.1, 0.15) is 5.76 Å². The summed E-state index contributed by atoms with van der Waals surface area (Å²) in [6.45, 7) is 1.84. The van der Waals surface area contributed by atoms with E-state index < -0.39 is 11.8 Å². The number of thiophene rings is 1. The average Bonchev–Trinajstić information content (AvgIpc) is 3.01. The summed E-state index contributed by atoms with van der Waals surface area (Å²) in [5, 5.41) is 12.5. The van der Waals surface area contributed by atoms with E-state index in [0.29, 0.717) is 30.6 Å². The fourth-order valence-corrected chi connectivity index (χ4v) is 3.89. The number of rotatable bonds is 3. The molecule has 22 heavy (non-hydrogen) atoms. The molecule has 0 saturated carbocycles. The number of allylic oxidation sites excluding steroid dienone is 2. The van der Waals surface area contributed by atoms with Crippen molar-refractivity contribution in [2.24, 2.45) is 0 Å². The Bertz CT molecular complexity index is 618. The van der Waals surface area contributed by atoms with Crippen molar-refractivity contribution < 1.29 is 24.2 Å². The lowest BCUT2D eigenvalue weighted by molar-refractivity contribution is -0.224. The van der Waals surface area contributed by atoms with Crippen LogP contribution in [0.5, 0.6) is 0 Å². The maximum atomic E-state index is 12.3. The first-order chi connectivity index (χ1) is 10.5. The van der Waals surface area contributed by atoms with Gasteiger partial charge in [-0.3, -0.25) is 4.79 Å². The SMILES string of the molecule is CCOC(=O)C1(O)C[C@H](c2cccs2)C2=C(CCCC2=O)O1. The van der Waals surface area contributed by atoms with Gasteiger partial charge in [0.15, 0.2) is 5.78 Å². The Morgan fingerprint density at radius 2 is 2.36 bits per heavy atom. The van der Waals surface area contributed by atoms with Crippen LogP contribution >= 0.6 is 11.3 Å². The Morgan fingerprint density at radius 3 is 3.05 bits per heavy atom. The highest BCUT2D eigenvalue weighted by Crippen LogP contribution is 2.46. The second-order valence-electron chi connectivity index (χ2n) is 5.49. The molecule has 1 unspecified atom stereocenters. The van der Waals surface area contributed by atoms with E-state index in [2.05, 4.69) is 0 Å². The number of esters is 1. The molecular weight excluding hydrogens is 304 g/mol. The summed E-state index contributed by atoms with van der Waals surface area (Å²) < 4.78 is 10.5. The quantitative estimate of drug-likeness (QED) is 0.866. The van der Waals surface area contributed by atoms with Crippen molar-refractivity contribution in [3.05, 3.63) is 33.7 Å². The highest BCUT2D eigenvalue weighted by molar-refractivity contribution is 7.10. The van der Waals surface area contributed by atoms with Crippen molar-refractivity contribution in [1.82, 2.24) is 0 Å². The van der Waals surface area contributed by atoms with Gasteiger partial charge in [-0.1, -0.05) is 6.07 Å². The van der Waals surface area contributed by atoms with Crippen molar-refractivity contribution in [3.8, 4) is 0 Å². The number of hydrogen-bond donors (Lipinski definition) is 1.